The lowest BCUT2D eigenvalue weighted by atomic mass is 10.1. The van der Waals surface area contributed by atoms with Crippen LogP contribution in [0.1, 0.15) is 29.3 Å². The average Bonchev–Trinajstić information content (AvgIpc) is 3.08. The van der Waals surface area contributed by atoms with E-state index in [1.807, 2.05) is 12.1 Å². The van der Waals surface area contributed by atoms with Crippen LogP contribution in [0.4, 0.5) is 5.69 Å². The van der Waals surface area contributed by atoms with Crippen LogP contribution in [0.3, 0.4) is 0 Å². The summed E-state index contributed by atoms with van der Waals surface area (Å²) in [5.41, 5.74) is 1.97. The third-order valence-corrected chi connectivity index (χ3v) is 4.94. The summed E-state index contributed by atoms with van der Waals surface area (Å²) < 4.78 is 10.5. The van der Waals surface area contributed by atoms with Gasteiger partial charge in [-0.1, -0.05) is 18.2 Å². The molecule has 1 aliphatic heterocycles. The van der Waals surface area contributed by atoms with Crippen molar-refractivity contribution >= 4 is 23.3 Å². The third-order valence-electron chi connectivity index (χ3n) is 4.94. The van der Waals surface area contributed by atoms with E-state index in [0.29, 0.717) is 35.8 Å². The Bertz CT molecular complexity index is 941. The zero-order valence-corrected chi connectivity index (χ0v) is 16.7. The number of benzene rings is 2. The van der Waals surface area contributed by atoms with Crippen LogP contribution in [0.25, 0.3) is 0 Å². The number of methoxy groups -OCH3 is 2. The summed E-state index contributed by atoms with van der Waals surface area (Å²) in [6, 6.07) is 12.3. The molecule has 0 saturated carbocycles. The summed E-state index contributed by atoms with van der Waals surface area (Å²) in [5, 5.41) is 2.81. The predicted octanol–water partition coefficient (Wildman–Crippen LogP) is 2.89. The van der Waals surface area contributed by atoms with Crippen LogP contribution in [-0.2, 0) is 16.1 Å². The van der Waals surface area contributed by atoms with Gasteiger partial charge in [-0.25, -0.2) is 0 Å². The molecule has 0 aromatic heterocycles. The molecule has 0 spiro atoms. The maximum absolute atomic E-state index is 12.6. The van der Waals surface area contributed by atoms with Crippen LogP contribution in [0, 0.1) is 5.92 Å². The van der Waals surface area contributed by atoms with Crippen molar-refractivity contribution in [1.29, 1.82) is 0 Å². The lowest BCUT2D eigenvalue weighted by molar-refractivity contribution is -0.128. The Kier molecular flexibility index (Phi) is 6.16. The molecule has 1 saturated heterocycles. The van der Waals surface area contributed by atoms with E-state index < -0.39 is 5.92 Å². The van der Waals surface area contributed by atoms with Gasteiger partial charge in [0, 0.05) is 30.8 Å². The monoisotopic (exact) mass is 396 g/mol. The highest BCUT2D eigenvalue weighted by Gasteiger charge is 2.34. The maximum Gasteiger partial charge on any atom is 0.229 e. The Morgan fingerprint density at radius 3 is 2.55 bits per heavy atom. The quantitative estimate of drug-likeness (QED) is 0.728. The number of carbonyl (C=O) groups is 3. The zero-order valence-electron chi connectivity index (χ0n) is 16.7. The van der Waals surface area contributed by atoms with E-state index >= 15 is 0 Å². The van der Waals surface area contributed by atoms with E-state index in [0.717, 1.165) is 5.56 Å². The number of amides is 2. The van der Waals surface area contributed by atoms with Crippen molar-refractivity contribution < 1.29 is 23.9 Å². The SMILES string of the molecule is COc1ccc(CN2CC(C(=O)Nc3cccc(C(C)=O)c3)CC2=O)cc1OC. The van der Waals surface area contributed by atoms with Crippen molar-refractivity contribution in [1.82, 2.24) is 4.90 Å². The molecule has 1 aliphatic rings. The molecule has 29 heavy (non-hydrogen) atoms. The highest BCUT2D eigenvalue weighted by molar-refractivity contribution is 5.99. The van der Waals surface area contributed by atoms with Crippen molar-refractivity contribution in [3.63, 3.8) is 0 Å². The molecule has 7 heteroatoms. The summed E-state index contributed by atoms with van der Waals surface area (Å²) in [6.07, 6.45) is 0.158. The summed E-state index contributed by atoms with van der Waals surface area (Å²) in [6.45, 7) is 2.21. The highest BCUT2D eigenvalue weighted by atomic mass is 16.5. The summed E-state index contributed by atoms with van der Waals surface area (Å²) in [5.74, 6) is 0.401. The van der Waals surface area contributed by atoms with Gasteiger partial charge in [0.15, 0.2) is 17.3 Å². The van der Waals surface area contributed by atoms with Crippen LogP contribution in [0.15, 0.2) is 42.5 Å². The molecular formula is C22H24N2O5. The predicted molar refractivity (Wildman–Crippen MR) is 108 cm³/mol. The molecule has 1 fully saturated rings. The number of nitrogens with zero attached hydrogens (tertiary/aromatic N) is 1. The number of ketones is 1. The molecular weight excluding hydrogens is 372 g/mol. The number of nitrogens with one attached hydrogen (secondary N) is 1. The number of likely N-dealkylation sites (tertiary alicyclic amines) is 1. The molecule has 2 aromatic carbocycles. The minimum Gasteiger partial charge on any atom is -0.493 e. The van der Waals surface area contributed by atoms with E-state index in [4.69, 9.17) is 9.47 Å². The minimum atomic E-state index is -0.441. The third kappa shape index (κ3) is 4.74. The van der Waals surface area contributed by atoms with Crippen molar-refractivity contribution in [2.24, 2.45) is 5.92 Å². The van der Waals surface area contributed by atoms with Crippen molar-refractivity contribution in [2.75, 3.05) is 26.1 Å². The van der Waals surface area contributed by atoms with Gasteiger partial charge in [-0.15, -0.1) is 0 Å². The molecule has 3 rings (SSSR count). The second kappa shape index (κ2) is 8.77. The number of hydrogen-bond donors (Lipinski definition) is 1. The Labute approximate surface area is 169 Å². The van der Waals surface area contributed by atoms with Crippen molar-refractivity contribution in [2.45, 2.75) is 19.9 Å². The lowest BCUT2D eigenvalue weighted by Crippen LogP contribution is -2.28. The Hall–Kier alpha value is -3.35. The Morgan fingerprint density at radius 2 is 1.86 bits per heavy atom. The molecule has 0 aliphatic carbocycles. The molecule has 152 valence electrons. The molecule has 1 unspecified atom stereocenters. The van der Waals surface area contributed by atoms with Gasteiger partial charge in [0.05, 0.1) is 20.1 Å². The first-order valence-electron chi connectivity index (χ1n) is 9.31. The molecule has 1 atom stereocenters. The smallest absolute Gasteiger partial charge is 0.229 e. The molecule has 7 nitrogen and oxygen atoms in total. The van der Waals surface area contributed by atoms with Crippen molar-refractivity contribution in [3.05, 3.63) is 53.6 Å². The second-order valence-corrected chi connectivity index (χ2v) is 6.99. The van der Waals surface area contributed by atoms with E-state index in [1.54, 1.807) is 49.5 Å². The number of anilines is 1. The first-order chi connectivity index (χ1) is 13.9. The zero-order chi connectivity index (χ0) is 21.0. The van der Waals surface area contributed by atoms with Gasteiger partial charge in [-0.05, 0) is 36.8 Å². The molecule has 2 aromatic rings. The van der Waals surface area contributed by atoms with E-state index in [9.17, 15) is 14.4 Å². The van der Waals surface area contributed by atoms with Crippen molar-refractivity contribution in [3.8, 4) is 11.5 Å². The van der Waals surface area contributed by atoms with E-state index in [1.165, 1.54) is 6.92 Å². The Morgan fingerprint density at radius 1 is 1.10 bits per heavy atom. The number of carbonyl (C=O) groups excluding carboxylic acids is 3. The summed E-state index contributed by atoms with van der Waals surface area (Å²) in [7, 11) is 3.13. The van der Waals surface area contributed by atoms with Gasteiger partial charge in [0.25, 0.3) is 0 Å². The van der Waals surface area contributed by atoms with E-state index in [-0.39, 0.29) is 24.0 Å². The van der Waals surface area contributed by atoms with Gasteiger partial charge in [-0.2, -0.15) is 0 Å². The maximum atomic E-state index is 12.6. The largest absolute Gasteiger partial charge is 0.493 e. The van der Waals surface area contributed by atoms with Crippen LogP contribution >= 0.6 is 0 Å². The second-order valence-electron chi connectivity index (χ2n) is 6.99. The fraction of sp³-hybridized carbons (Fsp3) is 0.318. The van der Waals surface area contributed by atoms with Gasteiger partial charge < -0.3 is 19.7 Å². The summed E-state index contributed by atoms with van der Waals surface area (Å²) >= 11 is 0. The minimum absolute atomic E-state index is 0.0711. The van der Waals surface area contributed by atoms with Gasteiger partial charge in [0.2, 0.25) is 11.8 Å². The molecule has 1 heterocycles. The first-order valence-corrected chi connectivity index (χ1v) is 9.31. The molecule has 1 N–H and O–H groups in total. The number of rotatable bonds is 7. The normalized spacial score (nSPS) is 15.9. The fourth-order valence-electron chi connectivity index (χ4n) is 3.36. The topological polar surface area (TPSA) is 84.9 Å². The van der Waals surface area contributed by atoms with Crippen LogP contribution < -0.4 is 14.8 Å². The fourth-order valence-corrected chi connectivity index (χ4v) is 3.36. The summed E-state index contributed by atoms with van der Waals surface area (Å²) in [4.78, 5) is 38.2. The molecule has 2 amide bonds. The van der Waals surface area contributed by atoms with Crippen LogP contribution in [-0.4, -0.2) is 43.3 Å². The Balaban J connectivity index is 1.64. The van der Waals surface area contributed by atoms with Crippen LogP contribution in [0.5, 0.6) is 11.5 Å². The lowest BCUT2D eigenvalue weighted by Gasteiger charge is -2.18. The number of hydrogen-bond acceptors (Lipinski definition) is 5. The number of ether oxygens (including phenoxy) is 2. The molecule has 0 radical (unpaired) electrons. The standard InChI is InChI=1S/C22H24N2O5/c1-14(25)16-5-4-6-18(10-16)23-22(27)17-11-21(26)24(13-17)12-15-7-8-19(28-2)20(9-15)29-3/h4-10,17H,11-13H2,1-3H3,(H,23,27). The number of Topliss-reactive ketones (excluding diaryl/α,β-unsaturated/α-hetero) is 1. The van der Waals surface area contributed by atoms with Gasteiger partial charge in [0.1, 0.15) is 0 Å². The van der Waals surface area contributed by atoms with Crippen LogP contribution in [0.2, 0.25) is 0 Å². The average molecular weight is 396 g/mol. The first kappa shape index (κ1) is 20.4. The highest BCUT2D eigenvalue weighted by Crippen LogP contribution is 2.29. The van der Waals surface area contributed by atoms with E-state index in [2.05, 4.69) is 5.32 Å². The molecule has 0 bridgehead atoms. The van der Waals surface area contributed by atoms with Gasteiger partial charge in [-0.3, -0.25) is 14.4 Å². The van der Waals surface area contributed by atoms with Gasteiger partial charge >= 0.3 is 0 Å².